The molecule has 0 aromatic heterocycles. The molecule has 0 saturated heterocycles. The van der Waals surface area contributed by atoms with E-state index in [4.69, 9.17) is 5.73 Å². The van der Waals surface area contributed by atoms with Gasteiger partial charge in [0.05, 0.1) is 11.6 Å². The van der Waals surface area contributed by atoms with E-state index in [1.165, 1.54) is 0 Å². The summed E-state index contributed by atoms with van der Waals surface area (Å²) in [5, 5.41) is 12.0. The molecule has 0 unspecified atom stereocenters. The second-order valence-electron chi connectivity index (χ2n) is 3.92. The Balaban J connectivity index is 3.73. The van der Waals surface area contributed by atoms with Gasteiger partial charge in [-0.3, -0.25) is 4.79 Å². The Bertz CT molecular complexity index is 180. The fourth-order valence-corrected chi connectivity index (χ4v) is 1.30. The van der Waals surface area contributed by atoms with Crippen molar-refractivity contribution in [3.05, 3.63) is 0 Å². The van der Waals surface area contributed by atoms with Crippen LogP contribution in [0.15, 0.2) is 0 Å². The summed E-state index contributed by atoms with van der Waals surface area (Å²) in [4.78, 5) is 11.3. The molecule has 0 aliphatic carbocycles. The van der Waals surface area contributed by atoms with Gasteiger partial charge >= 0.3 is 0 Å². The van der Waals surface area contributed by atoms with Crippen LogP contribution in [0.2, 0.25) is 0 Å². The molecular formula is C9H20N2O2S. The molecule has 0 aliphatic heterocycles. The Hall–Kier alpha value is -0.260. The number of rotatable bonds is 6. The van der Waals surface area contributed by atoms with Crippen LogP contribution < -0.4 is 11.1 Å². The molecule has 4 nitrogen and oxygen atoms in total. The molecule has 0 aliphatic rings. The summed E-state index contributed by atoms with van der Waals surface area (Å²) in [6.07, 6.45) is 2.64. The Morgan fingerprint density at radius 1 is 1.64 bits per heavy atom. The number of hydrogen-bond acceptors (Lipinski definition) is 4. The van der Waals surface area contributed by atoms with E-state index in [0.29, 0.717) is 6.42 Å². The van der Waals surface area contributed by atoms with Gasteiger partial charge < -0.3 is 16.2 Å². The van der Waals surface area contributed by atoms with Crippen molar-refractivity contribution in [3.8, 4) is 0 Å². The number of nitrogens with one attached hydrogen (secondary N) is 1. The summed E-state index contributed by atoms with van der Waals surface area (Å²) in [6, 6.07) is -0.468. The highest BCUT2D eigenvalue weighted by molar-refractivity contribution is 7.98. The molecule has 1 atom stereocenters. The lowest BCUT2D eigenvalue weighted by Crippen LogP contribution is -2.46. The number of nitrogens with two attached hydrogens (primary N) is 1. The maximum absolute atomic E-state index is 11.3. The SMILES string of the molecule is CSCC[C@H](N)C(=O)NCC(C)(C)O. The molecule has 0 bridgehead atoms. The molecule has 14 heavy (non-hydrogen) atoms. The van der Waals surface area contributed by atoms with Crippen LogP contribution >= 0.6 is 11.8 Å². The highest BCUT2D eigenvalue weighted by atomic mass is 32.2. The number of thioether (sulfide) groups is 1. The van der Waals surface area contributed by atoms with Crippen LogP contribution in [0.3, 0.4) is 0 Å². The maximum Gasteiger partial charge on any atom is 0.237 e. The molecule has 0 spiro atoms. The highest BCUT2D eigenvalue weighted by Gasteiger charge is 2.17. The van der Waals surface area contributed by atoms with Gasteiger partial charge in [0.1, 0.15) is 0 Å². The third kappa shape index (κ3) is 7.17. The predicted molar refractivity (Wildman–Crippen MR) is 60.3 cm³/mol. The van der Waals surface area contributed by atoms with Crippen molar-refractivity contribution in [1.82, 2.24) is 5.32 Å². The van der Waals surface area contributed by atoms with Gasteiger partial charge in [-0.25, -0.2) is 0 Å². The minimum absolute atomic E-state index is 0.193. The third-order valence-corrected chi connectivity index (χ3v) is 2.31. The van der Waals surface area contributed by atoms with Gasteiger partial charge in [-0.1, -0.05) is 0 Å². The molecule has 0 rings (SSSR count). The van der Waals surface area contributed by atoms with Gasteiger partial charge in [-0.15, -0.1) is 0 Å². The van der Waals surface area contributed by atoms with E-state index in [9.17, 15) is 9.90 Å². The second-order valence-corrected chi connectivity index (χ2v) is 4.90. The zero-order valence-electron chi connectivity index (χ0n) is 9.04. The summed E-state index contributed by atoms with van der Waals surface area (Å²) < 4.78 is 0. The van der Waals surface area contributed by atoms with Crippen LogP contribution in [0.25, 0.3) is 0 Å². The second kappa shape index (κ2) is 6.27. The number of hydrogen-bond donors (Lipinski definition) is 3. The van der Waals surface area contributed by atoms with Gasteiger partial charge in [0.15, 0.2) is 0 Å². The standard InChI is InChI=1S/C9H20N2O2S/c1-9(2,13)6-11-8(12)7(10)4-5-14-3/h7,13H,4-6,10H2,1-3H3,(H,11,12)/t7-/m0/s1. The van der Waals surface area contributed by atoms with Crippen LogP contribution in [0, 0.1) is 0 Å². The monoisotopic (exact) mass is 220 g/mol. The van der Waals surface area contributed by atoms with Crippen LogP contribution in [0.4, 0.5) is 0 Å². The summed E-state index contributed by atoms with van der Waals surface area (Å²) in [5.41, 5.74) is 4.75. The Morgan fingerprint density at radius 2 is 2.21 bits per heavy atom. The van der Waals surface area contributed by atoms with E-state index in [2.05, 4.69) is 5.32 Å². The smallest absolute Gasteiger partial charge is 0.237 e. The normalized spacial score (nSPS) is 13.8. The van der Waals surface area contributed by atoms with Crippen molar-refractivity contribution in [1.29, 1.82) is 0 Å². The van der Waals surface area contributed by atoms with Crippen LogP contribution in [0.5, 0.6) is 0 Å². The van der Waals surface area contributed by atoms with E-state index in [-0.39, 0.29) is 12.5 Å². The summed E-state index contributed by atoms with van der Waals surface area (Å²) in [5.74, 6) is 0.679. The zero-order chi connectivity index (χ0) is 11.2. The first-order valence-corrected chi connectivity index (χ1v) is 6.01. The maximum atomic E-state index is 11.3. The van der Waals surface area contributed by atoms with Gasteiger partial charge in [-0.05, 0) is 32.3 Å². The molecule has 5 heteroatoms. The van der Waals surface area contributed by atoms with Crippen molar-refractivity contribution in [2.75, 3.05) is 18.6 Å². The largest absolute Gasteiger partial charge is 0.389 e. The zero-order valence-corrected chi connectivity index (χ0v) is 9.86. The van der Waals surface area contributed by atoms with Crippen molar-refractivity contribution < 1.29 is 9.90 Å². The van der Waals surface area contributed by atoms with Crippen molar-refractivity contribution in [3.63, 3.8) is 0 Å². The average molecular weight is 220 g/mol. The van der Waals surface area contributed by atoms with Crippen molar-refractivity contribution in [2.45, 2.75) is 31.9 Å². The molecule has 84 valence electrons. The first kappa shape index (κ1) is 13.7. The van der Waals surface area contributed by atoms with E-state index < -0.39 is 11.6 Å². The van der Waals surface area contributed by atoms with Crippen LogP contribution in [0.1, 0.15) is 20.3 Å². The molecule has 0 heterocycles. The first-order chi connectivity index (χ1) is 6.37. The molecule has 0 fully saturated rings. The number of amides is 1. The quantitative estimate of drug-likeness (QED) is 0.587. The van der Waals surface area contributed by atoms with Crippen molar-refractivity contribution >= 4 is 17.7 Å². The average Bonchev–Trinajstić information content (AvgIpc) is 2.09. The molecule has 0 aromatic carbocycles. The van der Waals surface area contributed by atoms with Crippen molar-refractivity contribution in [2.24, 2.45) is 5.73 Å². The molecule has 0 saturated carbocycles. The molecule has 1 amide bonds. The van der Waals surface area contributed by atoms with Gasteiger partial charge in [0.25, 0.3) is 0 Å². The molecule has 0 aromatic rings. The van der Waals surface area contributed by atoms with E-state index in [1.54, 1.807) is 25.6 Å². The van der Waals surface area contributed by atoms with E-state index in [1.807, 2.05) is 6.26 Å². The molecular weight excluding hydrogens is 200 g/mol. The van der Waals surface area contributed by atoms with Gasteiger partial charge in [-0.2, -0.15) is 11.8 Å². The third-order valence-electron chi connectivity index (χ3n) is 1.66. The number of carbonyl (C=O) groups is 1. The van der Waals surface area contributed by atoms with Gasteiger partial charge in [0, 0.05) is 6.54 Å². The number of aliphatic hydroxyl groups is 1. The Morgan fingerprint density at radius 3 is 2.64 bits per heavy atom. The minimum atomic E-state index is -0.880. The van der Waals surface area contributed by atoms with E-state index in [0.717, 1.165) is 5.75 Å². The summed E-state index contributed by atoms with van der Waals surface area (Å²) in [6.45, 7) is 3.51. The first-order valence-electron chi connectivity index (χ1n) is 4.61. The summed E-state index contributed by atoms with van der Waals surface area (Å²) in [7, 11) is 0. The molecule has 4 N–H and O–H groups in total. The van der Waals surface area contributed by atoms with Gasteiger partial charge in [0.2, 0.25) is 5.91 Å². The highest BCUT2D eigenvalue weighted by Crippen LogP contribution is 2.00. The van der Waals surface area contributed by atoms with E-state index >= 15 is 0 Å². The lowest BCUT2D eigenvalue weighted by molar-refractivity contribution is -0.123. The number of carbonyl (C=O) groups excluding carboxylic acids is 1. The van der Waals surface area contributed by atoms with Crippen LogP contribution in [-0.2, 0) is 4.79 Å². The summed E-state index contributed by atoms with van der Waals surface area (Å²) >= 11 is 1.66. The minimum Gasteiger partial charge on any atom is -0.389 e. The topological polar surface area (TPSA) is 75.4 Å². The lowest BCUT2D eigenvalue weighted by Gasteiger charge is -2.19. The fourth-order valence-electron chi connectivity index (χ4n) is 0.810. The molecule has 0 radical (unpaired) electrons. The lowest BCUT2D eigenvalue weighted by atomic mass is 10.1. The predicted octanol–water partition coefficient (Wildman–Crippen LogP) is -0.0461. The fraction of sp³-hybridized carbons (Fsp3) is 0.889. The Kier molecular flexibility index (Phi) is 6.15. The Labute approximate surface area is 89.6 Å². The van der Waals surface area contributed by atoms with Crippen LogP contribution in [-0.4, -0.2) is 41.2 Å².